The van der Waals surface area contributed by atoms with Crippen LogP contribution in [0, 0.1) is 11.3 Å². The number of hydrogen-bond donors (Lipinski definition) is 0. The van der Waals surface area contributed by atoms with E-state index in [1.807, 2.05) is 23.6 Å². The maximum atomic E-state index is 9.63. The number of methoxy groups -OCH3 is 2. The molecule has 0 aliphatic carbocycles. The van der Waals surface area contributed by atoms with E-state index in [0.717, 1.165) is 11.1 Å². The minimum Gasteiger partial charge on any atom is -0.493 e. The lowest BCUT2D eigenvalue weighted by Gasteiger charge is -2.10. The van der Waals surface area contributed by atoms with E-state index in [4.69, 9.17) is 32.7 Å². The van der Waals surface area contributed by atoms with Gasteiger partial charge in [0.15, 0.2) is 11.5 Å². The fourth-order valence-corrected chi connectivity index (χ4v) is 3.83. The molecule has 0 radical (unpaired) electrons. The van der Waals surface area contributed by atoms with Crippen molar-refractivity contribution < 1.29 is 9.47 Å². The number of hydrogen-bond acceptors (Lipinski definition) is 5. The molecule has 0 unspecified atom stereocenters. The number of aromatic nitrogens is 1. The van der Waals surface area contributed by atoms with E-state index < -0.39 is 0 Å². The summed E-state index contributed by atoms with van der Waals surface area (Å²) in [6.07, 6.45) is 1.73. The highest BCUT2D eigenvalue weighted by Crippen LogP contribution is 2.35. The van der Waals surface area contributed by atoms with Gasteiger partial charge in [-0.2, -0.15) is 5.26 Å². The molecule has 1 aromatic heterocycles. The Morgan fingerprint density at radius 2 is 2.00 bits per heavy atom. The molecule has 3 aromatic rings. The van der Waals surface area contributed by atoms with Gasteiger partial charge in [0.25, 0.3) is 0 Å². The van der Waals surface area contributed by atoms with Gasteiger partial charge in [-0.1, -0.05) is 35.3 Å². The van der Waals surface area contributed by atoms with Crippen LogP contribution in [0.1, 0.15) is 10.6 Å². The molecule has 0 saturated heterocycles. The number of halogens is 2. The van der Waals surface area contributed by atoms with Crippen molar-refractivity contribution in [2.24, 2.45) is 0 Å². The number of nitriles is 1. The SMILES string of the molecule is COc1cccc(/C=C(\C#N)c2nc(-c3ccc(Cl)cc3Cl)cs2)c1OC. The fourth-order valence-electron chi connectivity index (χ4n) is 2.54. The summed E-state index contributed by atoms with van der Waals surface area (Å²) in [5.41, 5.74) is 2.60. The lowest BCUT2D eigenvalue weighted by Crippen LogP contribution is -1.93. The van der Waals surface area contributed by atoms with Crippen LogP contribution in [0.5, 0.6) is 11.5 Å². The van der Waals surface area contributed by atoms with Crippen molar-refractivity contribution in [3.05, 3.63) is 62.4 Å². The predicted molar refractivity (Wildman–Crippen MR) is 111 cm³/mol. The maximum absolute atomic E-state index is 9.63. The Kier molecular flexibility index (Phi) is 6.02. The van der Waals surface area contributed by atoms with Crippen molar-refractivity contribution in [1.82, 2.24) is 4.98 Å². The largest absolute Gasteiger partial charge is 0.493 e. The first-order valence-corrected chi connectivity index (χ1v) is 9.45. The normalized spacial score (nSPS) is 11.1. The van der Waals surface area contributed by atoms with E-state index in [0.29, 0.717) is 37.8 Å². The highest BCUT2D eigenvalue weighted by Gasteiger charge is 2.14. The number of thiazole rings is 1. The minimum atomic E-state index is 0.419. The number of nitrogens with zero attached hydrogens (tertiary/aromatic N) is 2. The molecule has 136 valence electrons. The first-order chi connectivity index (χ1) is 13.1. The zero-order valence-electron chi connectivity index (χ0n) is 14.5. The van der Waals surface area contributed by atoms with Gasteiger partial charge in [0.05, 0.1) is 30.5 Å². The van der Waals surface area contributed by atoms with Crippen LogP contribution in [-0.2, 0) is 0 Å². The Labute approximate surface area is 171 Å². The second kappa shape index (κ2) is 8.45. The van der Waals surface area contributed by atoms with Crippen LogP contribution >= 0.6 is 34.5 Å². The van der Waals surface area contributed by atoms with Crippen molar-refractivity contribution in [2.75, 3.05) is 14.2 Å². The van der Waals surface area contributed by atoms with Crippen LogP contribution in [0.3, 0.4) is 0 Å². The Morgan fingerprint density at radius 1 is 1.19 bits per heavy atom. The van der Waals surface area contributed by atoms with Crippen LogP contribution in [0.25, 0.3) is 22.9 Å². The quantitative estimate of drug-likeness (QED) is 0.464. The van der Waals surface area contributed by atoms with Crippen molar-refractivity contribution in [3.63, 3.8) is 0 Å². The minimum absolute atomic E-state index is 0.419. The summed E-state index contributed by atoms with van der Waals surface area (Å²) in [7, 11) is 3.13. The molecule has 0 atom stereocenters. The first-order valence-electron chi connectivity index (χ1n) is 7.81. The number of ether oxygens (including phenoxy) is 2. The monoisotopic (exact) mass is 416 g/mol. The van der Waals surface area contributed by atoms with Gasteiger partial charge in [0.1, 0.15) is 11.1 Å². The van der Waals surface area contributed by atoms with E-state index in [9.17, 15) is 5.26 Å². The Bertz CT molecular complexity index is 1050. The molecule has 0 N–H and O–H groups in total. The Hall–Kier alpha value is -2.52. The maximum Gasteiger partial charge on any atom is 0.167 e. The van der Waals surface area contributed by atoms with E-state index >= 15 is 0 Å². The molecule has 4 nitrogen and oxygen atoms in total. The molecule has 0 fully saturated rings. The second-order valence-electron chi connectivity index (χ2n) is 5.41. The zero-order valence-corrected chi connectivity index (χ0v) is 16.8. The van der Waals surface area contributed by atoms with Crippen LogP contribution in [-0.4, -0.2) is 19.2 Å². The Morgan fingerprint density at radius 3 is 2.67 bits per heavy atom. The fraction of sp³-hybridized carbons (Fsp3) is 0.100. The lowest BCUT2D eigenvalue weighted by atomic mass is 10.1. The first kappa shape index (κ1) is 19.2. The van der Waals surface area contributed by atoms with E-state index in [1.165, 1.54) is 11.3 Å². The third-order valence-corrected chi connectivity index (χ3v) is 5.22. The molecule has 0 bridgehead atoms. The summed E-state index contributed by atoms with van der Waals surface area (Å²) in [5.74, 6) is 1.15. The third-order valence-electron chi connectivity index (χ3n) is 3.80. The summed E-state index contributed by atoms with van der Waals surface area (Å²) in [5, 5.41) is 13.1. The summed E-state index contributed by atoms with van der Waals surface area (Å²) in [6, 6.07) is 12.9. The number of allylic oxidation sites excluding steroid dienone is 1. The molecule has 27 heavy (non-hydrogen) atoms. The lowest BCUT2D eigenvalue weighted by molar-refractivity contribution is 0.354. The van der Waals surface area contributed by atoms with Crippen molar-refractivity contribution in [2.45, 2.75) is 0 Å². The smallest absolute Gasteiger partial charge is 0.167 e. The topological polar surface area (TPSA) is 55.1 Å². The number of benzene rings is 2. The van der Waals surface area contributed by atoms with E-state index in [2.05, 4.69) is 11.1 Å². The van der Waals surface area contributed by atoms with Crippen molar-refractivity contribution in [1.29, 1.82) is 5.26 Å². The molecule has 3 rings (SSSR count). The molecule has 0 aliphatic heterocycles. The van der Waals surface area contributed by atoms with Gasteiger partial charge < -0.3 is 9.47 Å². The van der Waals surface area contributed by atoms with Gasteiger partial charge in [0.2, 0.25) is 0 Å². The van der Waals surface area contributed by atoms with Gasteiger partial charge in [-0.25, -0.2) is 4.98 Å². The van der Waals surface area contributed by atoms with E-state index in [1.54, 1.807) is 38.5 Å². The van der Waals surface area contributed by atoms with Crippen molar-refractivity contribution >= 4 is 46.2 Å². The summed E-state index contributed by atoms with van der Waals surface area (Å²) < 4.78 is 10.7. The molecular formula is C20H14Cl2N2O2S. The van der Waals surface area contributed by atoms with Crippen LogP contribution < -0.4 is 9.47 Å². The summed E-state index contributed by atoms with van der Waals surface area (Å²) in [6.45, 7) is 0. The molecule has 2 aromatic carbocycles. The molecule has 1 heterocycles. The summed E-state index contributed by atoms with van der Waals surface area (Å²) in [4.78, 5) is 4.56. The van der Waals surface area contributed by atoms with Gasteiger partial charge in [-0.05, 0) is 30.3 Å². The molecule has 0 saturated carbocycles. The van der Waals surface area contributed by atoms with Gasteiger partial charge >= 0.3 is 0 Å². The standard InChI is InChI=1S/C20H14Cl2N2O2S/c1-25-18-5-3-4-12(19(18)26-2)8-13(10-23)20-24-17(11-27-20)15-7-6-14(21)9-16(15)22/h3-9,11H,1-2H3/b13-8+. The van der Waals surface area contributed by atoms with Crippen molar-refractivity contribution in [3.8, 4) is 28.8 Å². The highest BCUT2D eigenvalue weighted by atomic mass is 35.5. The second-order valence-corrected chi connectivity index (χ2v) is 7.12. The van der Waals surface area contributed by atoms with E-state index in [-0.39, 0.29) is 0 Å². The summed E-state index contributed by atoms with van der Waals surface area (Å²) >= 11 is 13.6. The molecule has 7 heteroatoms. The molecule has 0 amide bonds. The molecule has 0 spiro atoms. The van der Waals surface area contributed by atoms with Crippen LogP contribution in [0.2, 0.25) is 10.0 Å². The van der Waals surface area contributed by atoms with Gasteiger partial charge in [-0.15, -0.1) is 11.3 Å². The highest BCUT2D eigenvalue weighted by molar-refractivity contribution is 7.11. The third kappa shape index (κ3) is 4.09. The predicted octanol–water partition coefficient (Wildman–Crippen LogP) is 6.20. The van der Waals surface area contributed by atoms with Gasteiger partial charge in [-0.3, -0.25) is 0 Å². The van der Waals surface area contributed by atoms with Crippen LogP contribution in [0.15, 0.2) is 41.8 Å². The average molecular weight is 417 g/mol. The van der Waals surface area contributed by atoms with Gasteiger partial charge in [0, 0.05) is 21.5 Å². The average Bonchev–Trinajstić information content (AvgIpc) is 3.15. The molecule has 0 aliphatic rings. The number of rotatable bonds is 5. The molecular weight excluding hydrogens is 403 g/mol. The van der Waals surface area contributed by atoms with Crippen LogP contribution in [0.4, 0.5) is 0 Å². The Balaban J connectivity index is 2.02. The number of para-hydroxylation sites is 1. The zero-order chi connectivity index (χ0) is 19.4.